The van der Waals surface area contributed by atoms with Gasteiger partial charge in [-0.2, -0.15) is 10.2 Å². The molecular formula is C35H44N10O. The van der Waals surface area contributed by atoms with Gasteiger partial charge in [-0.15, -0.1) is 0 Å². The molecule has 11 heteroatoms. The van der Waals surface area contributed by atoms with Gasteiger partial charge in [0.25, 0.3) is 0 Å². The minimum absolute atomic E-state index is 0.0787. The number of allylic oxidation sites excluding steroid dienone is 2. The molecule has 240 valence electrons. The fourth-order valence-electron chi connectivity index (χ4n) is 6.31. The van der Waals surface area contributed by atoms with Crippen molar-refractivity contribution in [2.75, 3.05) is 39.5 Å². The van der Waals surface area contributed by atoms with E-state index in [0.29, 0.717) is 23.7 Å². The number of nitrogens with zero attached hydrogens (tertiary/aromatic N) is 9. The largest absolute Gasteiger partial charge is 0.339 e. The van der Waals surface area contributed by atoms with Crippen LogP contribution in [0.3, 0.4) is 0 Å². The number of hydrogen-bond acceptors (Lipinski definition) is 8. The first-order valence-electron chi connectivity index (χ1n) is 16.2. The SMILES string of the molecule is CCC(C)/C=C(\C=NC)c1ccc(-c2c3c(nn2C)CCc2cnc(Nc4ccn(CC(=O)N5CCC(N(C)C)C5)n4)nc2-3)cc1. The van der Waals surface area contributed by atoms with Crippen molar-refractivity contribution in [3.05, 3.63) is 65.6 Å². The van der Waals surface area contributed by atoms with Gasteiger partial charge in [-0.3, -0.25) is 19.2 Å². The molecule has 3 aromatic heterocycles. The Balaban J connectivity index is 1.22. The molecule has 1 N–H and O–H groups in total. The Bertz CT molecular complexity index is 1760. The highest BCUT2D eigenvalue weighted by Gasteiger charge is 2.29. The predicted molar refractivity (Wildman–Crippen MR) is 183 cm³/mol. The van der Waals surface area contributed by atoms with Crippen LogP contribution in [0.5, 0.6) is 0 Å². The smallest absolute Gasteiger partial charge is 0.244 e. The number of likely N-dealkylation sites (N-methyl/N-ethyl adjacent to an activating group) is 1. The van der Waals surface area contributed by atoms with Crippen LogP contribution in [0.4, 0.5) is 11.8 Å². The summed E-state index contributed by atoms with van der Waals surface area (Å²) in [5.74, 6) is 1.60. The lowest BCUT2D eigenvalue weighted by molar-refractivity contribution is -0.131. The minimum Gasteiger partial charge on any atom is -0.339 e. The van der Waals surface area contributed by atoms with Gasteiger partial charge in [0.1, 0.15) is 6.54 Å². The van der Waals surface area contributed by atoms with E-state index in [0.717, 1.165) is 83.7 Å². The van der Waals surface area contributed by atoms with Crippen molar-refractivity contribution in [1.82, 2.24) is 39.3 Å². The topological polar surface area (TPSA) is 109 Å². The Morgan fingerprint density at radius 3 is 2.70 bits per heavy atom. The summed E-state index contributed by atoms with van der Waals surface area (Å²) in [4.78, 5) is 30.9. The molecule has 0 spiro atoms. The van der Waals surface area contributed by atoms with Crippen LogP contribution in [0.15, 0.2) is 53.8 Å². The summed E-state index contributed by atoms with van der Waals surface area (Å²) < 4.78 is 3.64. The third-order valence-corrected chi connectivity index (χ3v) is 9.14. The number of amides is 1. The summed E-state index contributed by atoms with van der Waals surface area (Å²) in [6.07, 6.45) is 11.7. The van der Waals surface area contributed by atoms with Gasteiger partial charge in [-0.25, -0.2) is 9.97 Å². The maximum absolute atomic E-state index is 12.9. The van der Waals surface area contributed by atoms with Gasteiger partial charge < -0.3 is 15.1 Å². The fourth-order valence-corrected chi connectivity index (χ4v) is 6.31. The monoisotopic (exact) mass is 620 g/mol. The van der Waals surface area contributed by atoms with Crippen LogP contribution in [0, 0.1) is 5.92 Å². The number of nitrogens with one attached hydrogen (secondary N) is 1. The van der Waals surface area contributed by atoms with Gasteiger partial charge >= 0.3 is 0 Å². The molecule has 2 atom stereocenters. The summed E-state index contributed by atoms with van der Waals surface area (Å²) in [6, 6.07) is 10.9. The standard InChI is InChI=1S/C35H44N10O/c1-7-23(2)18-27(19-36-3)24-8-10-25(11-9-24)34-32-29(40-43(34)6)13-12-26-20-37-35(39-33(26)32)38-30-15-17-45(41-30)22-31(46)44-16-14-28(21-44)42(4)5/h8-11,15,17-20,23,28H,7,12-14,16,21-22H2,1-6H3,(H,37,38,39,41)/b27-18+,36-19?. The second-order valence-corrected chi connectivity index (χ2v) is 12.6. The zero-order chi connectivity index (χ0) is 32.4. The second-order valence-electron chi connectivity index (χ2n) is 12.6. The van der Waals surface area contributed by atoms with Gasteiger partial charge in [0, 0.05) is 69.0 Å². The number of aryl methyl sites for hydroxylation is 3. The molecule has 2 aliphatic rings. The normalized spacial score (nSPS) is 17.1. The molecule has 4 heterocycles. The molecule has 1 aliphatic heterocycles. The molecule has 1 saturated heterocycles. The number of benzene rings is 1. The van der Waals surface area contributed by atoms with Crippen LogP contribution in [0.1, 0.15) is 43.5 Å². The van der Waals surface area contributed by atoms with Crippen molar-refractivity contribution in [2.24, 2.45) is 18.0 Å². The Morgan fingerprint density at radius 2 is 1.98 bits per heavy atom. The average molecular weight is 621 g/mol. The highest BCUT2D eigenvalue weighted by molar-refractivity contribution is 6.09. The summed E-state index contributed by atoms with van der Waals surface area (Å²) in [5, 5.41) is 12.8. The molecule has 4 aromatic rings. The van der Waals surface area contributed by atoms with Crippen molar-refractivity contribution in [1.29, 1.82) is 0 Å². The van der Waals surface area contributed by atoms with E-state index in [9.17, 15) is 4.79 Å². The first kappa shape index (κ1) is 31.3. The minimum atomic E-state index is 0.0787. The molecule has 11 nitrogen and oxygen atoms in total. The van der Waals surface area contributed by atoms with Crippen molar-refractivity contribution >= 4 is 29.5 Å². The molecule has 1 amide bonds. The first-order valence-corrected chi connectivity index (χ1v) is 16.2. The van der Waals surface area contributed by atoms with E-state index in [1.54, 1.807) is 4.68 Å². The van der Waals surface area contributed by atoms with E-state index in [2.05, 4.69) is 83.6 Å². The lowest BCUT2D eigenvalue weighted by Gasteiger charge is -2.20. The van der Waals surface area contributed by atoms with Crippen molar-refractivity contribution in [3.8, 4) is 22.5 Å². The van der Waals surface area contributed by atoms with Crippen molar-refractivity contribution in [2.45, 2.75) is 52.1 Å². The second kappa shape index (κ2) is 13.4. The Labute approximate surface area is 271 Å². The molecule has 1 fully saturated rings. The van der Waals surface area contributed by atoms with Crippen molar-refractivity contribution < 1.29 is 4.79 Å². The highest BCUT2D eigenvalue weighted by atomic mass is 16.2. The molecule has 1 aliphatic carbocycles. The van der Waals surface area contributed by atoms with Gasteiger partial charge in [0.05, 0.1) is 17.1 Å². The van der Waals surface area contributed by atoms with E-state index >= 15 is 0 Å². The van der Waals surface area contributed by atoms with E-state index in [1.165, 1.54) is 0 Å². The number of carbonyl (C=O) groups is 1. The van der Waals surface area contributed by atoms with Crippen LogP contribution < -0.4 is 5.32 Å². The van der Waals surface area contributed by atoms with E-state index in [1.807, 2.05) is 48.4 Å². The Kier molecular flexibility index (Phi) is 9.12. The molecular weight excluding hydrogens is 576 g/mol. The van der Waals surface area contributed by atoms with Gasteiger partial charge in [-0.05, 0) is 56.0 Å². The fraction of sp³-hybridized carbons (Fsp3) is 0.429. The molecule has 6 rings (SSSR count). The lowest BCUT2D eigenvalue weighted by Crippen LogP contribution is -2.36. The Hall–Kier alpha value is -4.64. The molecule has 2 unspecified atom stereocenters. The number of hydrogen-bond donors (Lipinski definition) is 1. The van der Waals surface area contributed by atoms with Gasteiger partial charge in [0.2, 0.25) is 11.9 Å². The Morgan fingerprint density at radius 1 is 1.17 bits per heavy atom. The first-order chi connectivity index (χ1) is 22.2. The van der Waals surface area contributed by atoms with Gasteiger partial charge in [-0.1, -0.05) is 50.6 Å². The zero-order valence-electron chi connectivity index (χ0n) is 27.7. The highest BCUT2D eigenvalue weighted by Crippen LogP contribution is 2.40. The maximum Gasteiger partial charge on any atom is 0.244 e. The average Bonchev–Trinajstić information content (AvgIpc) is 3.80. The van der Waals surface area contributed by atoms with Crippen LogP contribution in [-0.4, -0.2) is 91.7 Å². The maximum atomic E-state index is 12.9. The van der Waals surface area contributed by atoms with Crippen LogP contribution in [0.25, 0.3) is 28.1 Å². The van der Waals surface area contributed by atoms with Crippen LogP contribution in [0.2, 0.25) is 0 Å². The third kappa shape index (κ3) is 6.50. The number of likely N-dealkylation sites (tertiary alicyclic amines) is 1. The molecule has 1 aromatic carbocycles. The van der Waals surface area contributed by atoms with Crippen LogP contribution >= 0.6 is 0 Å². The molecule has 0 bridgehead atoms. The number of aliphatic imine (C=N–C) groups is 1. The van der Waals surface area contributed by atoms with E-state index in [4.69, 9.17) is 10.1 Å². The van der Waals surface area contributed by atoms with E-state index in [-0.39, 0.29) is 12.5 Å². The van der Waals surface area contributed by atoms with E-state index < -0.39 is 0 Å². The van der Waals surface area contributed by atoms with Crippen molar-refractivity contribution in [3.63, 3.8) is 0 Å². The molecule has 0 saturated carbocycles. The number of rotatable bonds is 10. The number of carbonyl (C=O) groups excluding carboxylic acids is 1. The number of aromatic nitrogens is 6. The lowest BCUT2D eigenvalue weighted by atomic mass is 9.91. The predicted octanol–water partition coefficient (Wildman–Crippen LogP) is 4.88. The third-order valence-electron chi connectivity index (χ3n) is 9.14. The number of anilines is 2. The molecule has 46 heavy (non-hydrogen) atoms. The zero-order valence-corrected chi connectivity index (χ0v) is 27.7. The summed E-state index contributed by atoms with van der Waals surface area (Å²) >= 11 is 0. The van der Waals surface area contributed by atoms with Crippen LogP contribution in [-0.2, 0) is 31.2 Å². The number of fused-ring (bicyclic) bond motifs is 3. The van der Waals surface area contributed by atoms with Gasteiger partial charge in [0.15, 0.2) is 5.82 Å². The molecule has 0 radical (unpaired) electrons. The summed E-state index contributed by atoms with van der Waals surface area (Å²) in [6.45, 7) is 6.17. The summed E-state index contributed by atoms with van der Waals surface area (Å²) in [5.41, 5.74) is 8.45. The summed E-state index contributed by atoms with van der Waals surface area (Å²) in [7, 11) is 7.93. The quantitative estimate of drug-likeness (QED) is 0.252.